The Balaban J connectivity index is 1.78. The summed E-state index contributed by atoms with van der Waals surface area (Å²) >= 11 is 0. The maximum absolute atomic E-state index is 12.1. The van der Waals surface area contributed by atoms with Crippen molar-refractivity contribution in [3.05, 3.63) is 29.8 Å². The molecule has 0 unspecified atom stereocenters. The van der Waals surface area contributed by atoms with E-state index in [1.54, 1.807) is 12.1 Å². The molecule has 1 aromatic rings. The van der Waals surface area contributed by atoms with E-state index >= 15 is 0 Å². The van der Waals surface area contributed by atoms with Gasteiger partial charge in [-0.25, -0.2) is 0 Å². The molecule has 0 aromatic heterocycles. The average molecular weight is 318 g/mol. The van der Waals surface area contributed by atoms with Gasteiger partial charge in [0.1, 0.15) is 0 Å². The summed E-state index contributed by atoms with van der Waals surface area (Å²) in [5, 5.41) is 14.6. The summed E-state index contributed by atoms with van der Waals surface area (Å²) in [6.45, 7) is 1.88. The van der Waals surface area contributed by atoms with Gasteiger partial charge in [0.05, 0.1) is 5.92 Å². The molecule has 1 fully saturated rings. The van der Waals surface area contributed by atoms with E-state index in [0.717, 1.165) is 11.3 Å². The first-order valence-corrected chi connectivity index (χ1v) is 7.82. The number of anilines is 1. The molecule has 1 aliphatic carbocycles. The van der Waals surface area contributed by atoms with E-state index in [1.165, 1.54) is 6.92 Å². The lowest BCUT2D eigenvalue weighted by Crippen LogP contribution is -2.34. The second kappa shape index (κ2) is 7.76. The number of carboxylic acid groups (broad SMARTS) is 1. The van der Waals surface area contributed by atoms with Gasteiger partial charge < -0.3 is 15.7 Å². The first kappa shape index (κ1) is 17.0. The van der Waals surface area contributed by atoms with Gasteiger partial charge in [-0.2, -0.15) is 0 Å². The molecule has 6 nitrogen and oxygen atoms in total. The molecule has 0 bridgehead atoms. The number of hydrogen-bond donors (Lipinski definition) is 3. The second-order valence-electron chi connectivity index (χ2n) is 5.98. The SMILES string of the molecule is CC(=O)Nc1ccc(CNC(=O)C2CCC(C(=O)O)CC2)cc1. The molecule has 1 saturated carbocycles. The molecule has 2 rings (SSSR count). The lowest BCUT2D eigenvalue weighted by Gasteiger charge is -2.25. The zero-order valence-electron chi connectivity index (χ0n) is 13.2. The van der Waals surface area contributed by atoms with Gasteiger partial charge in [0.25, 0.3) is 0 Å². The van der Waals surface area contributed by atoms with Gasteiger partial charge in [0.2, 0.25) is 11.8 Å². The van der Waals surface area contributed by atoms with Gasteiger partial charge in [0.15, 0.2) is 0 Å². The van der Waals surface area contributed by atoms with Crippen LogP contribution >= 0.6 is 0 Å². The minimum absolute atomic E-state index is 0.0141. The number of carboxylic acids is 1. The van der Waals surface area contributed by atoms with Crippen LogP contribution in [0.4, 0.5) is 5.69 Å². The number of benzene rings is 1. The largest absolute Gasteiger partial charge is 0.481 e. The summed E-state index contributed by atoms with van der Waals surface area (Å²) < 4.78 is 0. The van der Waals surface area contributed by atoms with E-state index in [9.17, 15) is 14.4 Å². The summed E-state index contributed by atoms with van der Waals surface area (Å²) in [6, 6.07) is 7.29. The summed E-state index contributed by atoms with van der Waals surface area (Å²) in [6.07, 6.45) is 2.40. The van der Waals surface area contributed by atoms with Crippen LogP contribution in [0.2, 0.25) is 0 Å². The lowest BCUT2D eigenvalue weighted by atomic mass is 9.81. The molecular weight excluding hydrogens is 296 g/mol. The van der Waals surface area contributed by atoms with Gasteiger partial charge in [-0.1, -0.05) is 12.1 Å². The van der Waals surface area contributed by atoms with Crippen LogP contribution in [-0.2, 0) is 20.9 Å². The standard InChI is InChI=1S/C17H22N2O4/c1-11(20)19-15-8-2-12(3-9-15)10-18-16(21)13-4-6-14(7-5-13)17(22)23/h2-3,8-9,13-14H,4-7,10H2,1H3,(H,18,21)(H,19,20)(H,22,23). The summed E-state index contributed by atoms with van der Waals surface area (Å²) in [7, 11) is 0. The molecular formula is C17H22N2O4. The van der Waals surface area contributed by atoms with Gasteiger partial charge in [0, 0.05) is 25.1 Å². The van der Waals surface area contributed by atoms with Crippen LogP contribution in [0.15, 0.2) is 24.3 Å². The average Bonchev–Trinajstić information content (AvgIpc) is 2.53. The quantitative estimate of drug-likeness (QED) is 0.775. The fourth-order valence-electron chi connectivity index (χ4n) is 2.85. The number of amides is 2. The molecule has 0 spiro atoms. The third kappa shape index (κ3) is 5.09. The van der Waals surface area contributed by atoms with E-state index in [1.807, 2.05) is 12.1 Å². The van der Waals surface area contributed by atoms with Crippen LogP contribution in [0.25, 0.3) is 0 Å². The molecule has 3 N–H and O–H groups in total. The maximum atomic E-state index is 12.1. The van der Waals surface area contributed by atoms with Crippen molar-refractivity contribution in [1.29, 1.82) is 0 Å². The number of carbonyl (C=O) groups excluding carboxylic acids is 2. The maximum Gasteiger partial charge on any atom is 0.306 e. The Bertz CT molecular complexity index is 575. The van der Waals surface area contributed by atoms with Gasteiger partial charge in [-0.3, -0.25) is 14.4 Å². The Morgan fingerprint density at radius 2 is 1.61 bits per heavy atom. The topological polar surface area (TPSA) is 95.5 Å². The van der Waals surface area contributed by atoms with E-state index < -0.39 is 5.97 Å². The van der Waals surface area contributed by atoms with Crippen molar-refractivity contribution in [2.75, 3.05) is 5.32 Å². The molecule has 0 aliphatic heterocycles. The summed E-state index contributed by atoms with van der Waals surface area (Å²) in [5.41, 5.74) is 1.67. The second-order valence-corrected chi connectivity index (χ2v) is 5.98. The Kier molecular flexibility index (Phi) is 5.73. The van der Waals surface area contributed by atoms with Crippen molar-refractivity contribution in [3.8, 4) is 0 Å². The smallest absolute Gasteiger partial charge is 0.306 e. The van der Waals surface area contributed by atoms with Crippen LogP contribution < -0.4 is 10.6 Å². The van der Waals surface area contributed by atoms with E-state index in [-0.39, 0.29) is 23.7 Å². The Hall–Kier alpha value is -2.37. The summed E-state index contributed by atoms with van der Waals surface area (Å²) in [4.78, 5) is 34.0. The van der Waals surface area contributed by atoms with Crippen molar-refractivity contribution in [2.24, 2.45) is 11.8 Å². The Morgan fingerprint density at radius 1 is 1.04 bits per heavy atom. The first-order chi connectivity index (χ1) is 11.0. The minimum atomic E-state index is -0.761. The molecule has 0 radical (unpaired) electrons. The molecule has 23 heavy (non-hydrogen) atoms. The fourth-order valence-corrected chi connectivity index (χ4v) is 2.85. The van der Waals surface area contributed by atoms with E-state index in [2.05, 4.69) is 10.6 Å². The number of hydrogen-bond acceptors (Lipinski definition) is 3. The third-order valence-corrected chi connectivity index (χ3v) is 4.19. The Morgan fingerprint density at radius 3 is 2.13 bits per heavy atom. The number of nitrogens with one attached hydrogen (secondary N) is 2. The third-order valence-electron chi connectivity index (χ3n) is 4.19. The molecule has 0 saturated heterocycles. The normalized spacial score (nSPS) is 20.6. The summed E-state index contributed by atoms with van der Waals surface area (Å²) in [5.74, 6) is -1.30. The van der Waals surface area contributed by atoms with E-state index in [4.69, 9.17) is 5.11 Å². The lowest BCUT2D eigenvalue weighted by molar-refractivity contribution is -0.144. The van der Waals surface area contributed by atoms with E-state index in [0.29, 0.717) is 32.2 Å². The van der Waals surface area contributed by atoms with Gasteiger partial charge in [-0.05, 0) is 43.4 Å². The van der Waals surface area contributed by atoms with Crippen molar-refractivity contribution in [2.45, 2.75) is 39.2 Å². The highest BCUT2D eigenvalue weighted by Crippen LogP contribution is 2.29. The van der Waals surface area contributed by atoms with Crippen LogP contribution in [0, 0.1) is 11.8 Å². The highest BCUT2D eigenvalue weighted by atomic mass is 16.4. The predicted molar refractivity (Wildman–Crippen MR) is 85.7 cm³/mol. The highest BCUT2D eigenvalue weighted by molar-refractivity contribution is 5.88. The first-order valence-electron chi connectivity index (χ1n) is 7.82. The van der Waals surface area contributed by atoms with Crippen molar-refractivity contribution >= 4 is 23.5 Å². The number of carbonyl (C=O) groups is 3. The van der Waals surface area contributed by atoms with Crippen LogP contribution in [-0.4, -0.2) is 22.9 Å². The predicted octanol–water partition coefficient (Wildman–Crippen LogP) is 2.15. The fraction of sp³-hybridized carbons (Fsp3) is 0.471. The van der Waals surface area contributed by atoms with Crippen molar-refractivity contribution in [1.82, 2.24) is 5.32 Å². The van der Waals surface area contributed by atoms with Gasteiger partial charge in [-0.15, -0.1) is 0 Å². The van der Waals surface area contributed by atoms with Crippen LogP contribution in [0.3, 0.4) is 0 Å². The van der Waals surface area contributed by atoms with Crippen molar-refractivity contribution in [3.63, 3.8) is 0 Å². The molecule has 1 aliphatic rings. The highest BCUT2D eigenvalue weighted by Gasteiger charge is 2.29. The molecule has 1 aromatic carbocycles. The monoisotopic (exact) mass is 318 g/mol. The van der Waals surface area contributed by atoms with Gasteiger partial charge >= 0.3 is 5.97 Å². The minimum Gasteiger partial charge on any atom is -0.481 e. The molecule has 2 amide bonds. The number of aliphatic carboxylic acids is 1. The molecule has 124 valence electrons. The number of rotatable bonds is 5. The molecule has 0 heterocycles. The zero-order chi connectivity index (χ0) is 16.8. The van der Waals surface area contributed by atoms with Crippen LogP contribution in [0.5, 0.6) is 0 Å². The van der Waals surface area contributed by atoms with Crippen molar-refractivity contribution < 1.29 is 19.5 Å². The van der Waals surface area contributed by atoms with Crippen LogP contribution in [0.1, 0.15) is 38.2 Å². The Labute approximate surface area is 135 Å². The molecule has 0 atom stereocenters. The zero-order valence-corrected chi connectivity index (χ0v) is 13.2. The molecule has 6 heteroatoms.